The average Bonchev–Trinajstić information content (AvgIpc) is 2.82. The standard InChI is InChI=1S/C24H39N7O8.2ClH/c1-23(2,3)24(39,31-18(33)12-29-20(36)15(25)7-9-19(34)35)17(5-4-10-28-22(26)27)30-13-6-8-16(32)14(11-13)21(37)38;;/h6,8,11,15,17,30,32,39H,4-5,7,9-10,12,25H2,1-3H3,(H,29,36)(H,31,33)(H,34,35)(H,37,38)(H4,26,27,28);2*1H/t15-,17+,24?;;/m1../s1. The van der Waals surface area contributed by atoms with Crippen molar-refractivity contribution in [2.75, 3.05) is 18.4 Å². The lowest BCUT2D eigenvalue weighted by Crippen LogP contribution is -2.67. The maximum Gasteiger partial charge on any atom is 0.339 e. The fraction of sp³-hybridized carbons (Fsp3) is 0.542. The number of nitrogens with zero attached hydrogens (tertiary/aromatic N) is 1. The number of aromatic hydroxyl groups is 1. The molecule has 0 saturated heterocycles. The van der Waals surface area contributed by atoms with E-state index >= 15 is 0 Å². The summed E-state index contributed by atoms with van der Waals surface area (Å²) >= 11 is 0. The Kier molecular flexibility index (Phi) is 16.7. The number of phenols is 1. The number of nitrogens with one attached hydrogen (secondary N) is 3. The summed E-state index contributed by atoms with van der Waals surface area (Å²) in [6, 6.07) is 1.70. The van der Waals surface area contributed by atoms with Gasteiger partial charge >= 0.3 is 11.9 Å². The van der Waals surface area contributed by atoms with E-state index in [9.17, 15) is 34.5 Å². The Morgan fingerprint density at radius 1 is 1.05 bits per heavy atom. The number of halogens is 2. The Morgan fingerprint density at radius 2 is 1.66 bits per heavy atom. The van der Waals surface area contributed by atoms with E-state index in [1.165, 1.54) is 18.2 Å². The SMILES string of the molecule is CC(C)(C)C(O)(NC(=O)CNC(=O)[C@H](N)CCC(=O)O)[C@H](CCCN=C(N)N)Nc1ccc(O)c(C(=O)O)c1.Cl.Cl. The van der Waals surface area contributed by atoms with Gasteiger partial charge in [0.15, 0.2) is 11.7 Å². The molecule has 15 nitrogen and oxygen atoms in total. The zero-order chi connectivity index (χ0) is 30.0. The Hall–Kier alpha value is -3.53. The van der Waals surface area contributed by atoms with Crippen LogP contribution in [0.5, 0.6) is 5.75 Å². The van der Waals surface area contributed by atoms with Crippen molar-refractivity contribution >= 4 is 60.2 Å². The normalized spacial score (nSPS) is 13.6. The molecular formula is C24H41Cl2N7O8. The van der Waals surface area contributed by atoms with Crippen molar-refractivity contribution in [3.8, 4) is 5.75 Å². The third kappa shape index (κ3) is 12.7. The van der Waals surface area contributed by atoms with Crippen LogP contribution in [-0.2, 0) is 14.4 Å². The van der Waals surface area contributed by atoms with Gasteiger partial charge in [-0.25, -0.2) is 4.79 Å². The molecule has 0 aliphatic heterocycles. The van der Waals surface area contributed by atoms with Crippen LogP contribution in [0.4, 0.5) is 5.69 Å². The quantitative estimate of drug-likeness (QED) is 0.0403. The first kappa shape index (κ1) is 39.6. The molecule has 0 fully saturated rings. The number of carboxylic acid groups (broad SMARTS) is 2. The lowest BCUT2D eigenvalue weighted by molar-refractivity contribution is -0.144. The third-order valence-electron chi connectivity index (χ3n) is 5.92. The van der Waals surface area contributed by atoms with Gasteiger partial charge in [-0.1, -0.05) is 20.8 Å². The van der Waals surface area contributed by atoms with E-state index in [4.69, 9.17) is 22.3 Å². The van der Waals surface area contributed by atoms with Crippen molar-refractivity contribution in [3.05, 3.63) is 23.8 Å². The lowest BCUT2D eigenvalue weighted by atomic mass is 9.76. The van der Waals surface area contributed by atoms with Crippen molar-refractivity contribution in [1.82, 2.24) is 10.6 Å². The molecule has 1 rings (SSSR count). The summed E-state index contributed by atoms with van der Waals surface area (Å²) in [5.41, 5.74) is 13.3. The average molecular weight is 627 g/mol. The van der Waals surface area contributed by atoms with Gasteiger partial charge in [-0.2, -0.15) is 0 Å². The largest absolute Gasteiger partial charge is 0.507 e. The number of carboxylic acids is 2. The highest BCUT2D eigenvalue weighted by molar-refractivity contribution is 5.92. The minimum Gasteiger partial charge on any atom is -0.507 e. The molecule has 0 saturated carbocycles. The van der Waals surface area contributed by atoms with Gasteiger partial charge < -0.3 is 53.6 Å². The first-order chi connectivity index (χ1) is 18.0. The number of carbonyl (C=O) groups excluding carboxylic acids is 2. The molecule has 0 heterocycles. The minimum atomic E-state index is -1.97. The molecule has 13 N–H and O–H groups in total. The van der Waals surface area contributed by atoms with Crippen LogP contribution in [-0.4, -0.2) is 81.0 Å². The Balaban J connectivity index is 0. The van der Waals surface area contributed by atoms with E-state index in [1.54, 1.807) is 20.8 Å². The number of carbonyl (C=O) groups is 4. The van der Waals surface area contributed by atoms with Gasteiger partial charge in [0.25, 0.3) is 0 Å². The number of aromatic carboxylic acids is 1. The van der Waals surface area contributed by atoms with E-state index in [0.29, 0.717) is 6.42 Å². The topological polar surface area (TPSA) is 276 Å². The van der Waals surface area contributed by atoms with Crippen LogP contribution in [0.25, 0.3) is 0 Å². The first-order valence-electron chi connectivity index (χ1n) is 12.1. The zero-order valence-electron chi connectivity index (χ0n) is 23.0. The summed E-state index contributed by atoms with van der Waals surface area (Å²) in [5, 5.41) is 47.7. The molecule has 17 heteroatoms. The van der Waals surface area contributed by atoms with Crippen LogP contribution in [0.3, 0.4) is 0 Å². The molecule has 41 heavy (non-hydrogen) atoms. The number of hydrogen-bond donors (Lipinski definition) is 10. The Labute approximate surface area is 250 Å². The Morgan fingerprint density at radius 3 is 2.17 bits per heavy atom. The second-order valence-electron chi connectivity index (χ2n) is 10.0. The van der Waals surface area contributed by atoms with Gasteiger partial charge in [0.05, 0.1) is 18.6 Å². The summed E-state index contributed by atoms with van der Waals surface area (Å²) in [4.78, 5) is 51.1. The molecular weight excluding hydrogens is 585 g/mol. The predicted molar refractivity (Wildman–Crippen MR) is 157 cm³/mol. The second-order valence-corrected chi connectivity index (χ2v) is 10.0. The van der Waals surface area contributed by atoms with Gasteiger partial charge in [-0.3, -0.25) is 19.4 Å². The Bertz CT molecular complexity index is 1080. The molecule has 0 radical (unpaired) electrons. The number of hydrogen-bond acceptors (Lipinski definition) is 9. The summed E-state index contributed by atoms with van der Waals surface area (Å²) in [6.45, 7) is 4.64. The van der Waals surface area contributed by atoms with Crippen LogP contribution in [0, 0.1) is 5.41 Å². The molecule has 0 aliphatic carbocycles. The van der Waals surface area contributed by atoms with Crippen LogP contribution in [0.1, 0.15) is 56.8 Å². The molecule has 0 bridgehead atoms. The minimum absolute atomic E-state index is 0. The van der Waals surface area contributed by atoms with E-state index < -0.39 is 59.3 Å². The predicted octanol–water partition coefficient (Wildman–Crippen LogP) is -0.0727. The van der Waals surface area contributed by atoms with E-state index in [1.807, 2.05) is 0 Å². The number of guanidine groups is 1. The van der Waals surface area contributed by atoms with Crippen molar-refractivity contribution < 1.29 is 39.6 Å². The van der Waals surface area contributed by atoms with Gasteiger partial charge in [-0.05, 0) is 37.5 Å². The smallest absolute Gasteiger partial charge is 0.339 e. The van der Waals surface area contributed by atoms with Crippen LogP contribution in [0.2, 0.25) is 0 Å². The molecule has 0 spiro atoms. The van der Waals surface area contributed by atoms with Crippen molar-refractivity contribution in [3.63, 3.8) is 0 Å². The highest BCUT2D eigenvalue weighted by Crippen LogP contribution is 2.35. The summed E-state index contributed by atoms with van der Waals surface area (Å²) in [6.07, 6.45) is 0.101. The number of aliphatic carboxylic acids is 1. The van der Waals surface area contributed by atoms with E-state index in [2.05, 4.69) is 20.9 Å². The van der Waals surface area contributed by atoms with Crippen LogP contribution in [0.15, 0.2) is 23.2 Å². The van der Waals surface area contributed by atoms with Gasteiger partial charge in [-0.15, -0.1) is 24.8 Å². The number of nitrogens with two attached hydrogens (primary N) is 3. The maximum atomic E-state index is 12.8. The molecule has 2 amide bonds. The fourth-order valence-electron chi connectivity index (χ4n) is 3.65. The van der Waals surface area contributed by atoms with Crippen molar-refractivity contribution in [2.45, 2.75) is 64.3 Å². The lowest BCUT2D eigenvalue weighted by Gasteiger charge is -2.46. The van der Waals surface area contributed by atoms with Crippen LogP contribution < -0.4 is 33.2 Å². The first-order valence-corrected chi connectivity index (χ1v) is 12.1. The number of rotatable bonds is 15. The van der Waals surface area contributed by atoms with Gasteiger partial charge in [0.2, 0.25) is 11.8 Å². The summed E-state index contributed by atoms with van der Waals surface area (Å²) < 4.78 is 0. The highest BCUT2D eigenvalue weighted by Gasteiger charge is 2.48. The fourth-order valence-corrected chi connectivity index (χ4v) is 3.65. The number of amides is 2. The van der Waals surface area contributed by atoms with Crippen LogP contribution >= 0.6 is 24.8 Å². The monoisotopic (exact) mass is 625 g/mol. The van der Waals surface area contributed by atoms with Crippen molar-refractivity contribution in [2.24, 2.45) is 27.6 Å². The van der Waals surface area contributed by atoms with Crippen molar-refractivity contribution in [1.29, 1.82) is 0 Å². The number of benzene rings is 1. The second kappa shape index (κ2) is 17.3. The van der Waals surface area contributed by atoms with E-state index in [-0.39, 0.29) is 67.8 Å². The molecule has 1 aromatic rings. The molecule has 234 valence electrons. The third-order valence-corrected chi connectivity index (χ3v) is 5.92. The molecule has 0 aromatic heterocycles. The number of anilines is 1. The molecule has 3 atom stereocenters. The molecule has 0 aliphatic rings. The maximum absolute atomic E-state index is 12.8. The number of aliphatic hydroxyl groups is 1. The summed E-state index contributed by atoms with van der Waals surface area (Å²) in [7, 11) is 0. The summed E-state index contributed by atoms with van der Waals surface area (Å²) in [5.74, 6) is -4.55. The highest BCUT2D eigenvalue weighted by atomic mass is 35.5. The van der Waals surface area contributed by atoms with E-state index in [0.717, 1.165) is 0 Å². The number of aliphatic imine (C=N–C) groups is 1. The van der Waals surface area contributed by atoms with Gasteiger partial charge in [0, 0.05) is 24.1 Å². The molecule has 1 aromatic carbocycles. The zero-order valence-corrected chi connectivity index (χ0v) is 24.7. The van der Waals surface area contributed by atoms with Gasteiger partial charge in [0.1, 0.15) is 11.3 Å². The molecule has 1 unspecified atom stereocenters.